The van der Waals surface area contributed by atoms with Gasteiger partial charge in [-0.25, -0.2) is 0 Å². The van der Waals surface area contributed by atoms with Crippen molar-refractivity contribution in [3.63, 3.8) is 0 Å². The highest BCUT2D eigenvalue weighted by Gasteiger charge is 2.43. The molecule has 2 aliphatic rings. The van der Waals surface area contributed by atoms with Gasteiger partial charge in [0.15, 0.2) is 0 Å². The van der Waals surface area contributed by atoms with Crippen LogP contribution in [0.2, 0.25) is 0 Å². The van der Waals surface area contributed by atoms with Crippen molar-refractivity contribution in [1.82, 2.24) is 4.98 Å². The monoisotopic (exact) mass is 755 g/mol. The Hall–Kier alpha value is -7.83. The van der Waals surface area contributed by atoms with Crippen molar-refractivity contribution < 1.29 is 9.47 Å². The molecular formula is C53H34BN3O2. The van der Waals surface area contributed by atoms with Gasteiger partial charge in [-0.05, 0) is 81.7 Å². The molecule has 0 amide bonds. The third-order valence-electron chi connectivity index (χ3n) is 11.8. The van der Waals surface area contributed by atoms with Crippen LogP contribution in [0.15, 0.2) is 207 Å². The highest BCUT2D eigenvalue weighted by Crippen LogP contribution is 2.47. The van der Waals surface area contributed by atoms with E-state index in [-0.39, 0.29) is 6.71 Å². The van der Waals surface area contributed by atoms with Gasteiger partial charge >= 0.3 is 0 Å². The third-order valence-corrected chi connectivity index (χ3v) is 11.8. The van der Waals surface area contributed by atoms with Crippen LogP contribution in [0, 0.1) is 0 Å². The first kappa shape index (κ1) is 33.3. The second kappa shape index (κ2) is 13.4. The summed E-state index contributed by atoms with van der Waals surface area (Å²) in [6.45, 7) is -0.169. The fraction of sp³-hybridized carbons (Fsp3) is 0. The highest BCUT2D eigenvalue weighted by atomic mass is 16.5. The van der Waals surface area contributed by atoms with Crippen LogP contribution in [0.3, 0.4) is 0 Å². The van der Waals surface area contributed by atoms with Crippen molar-refractivity contribution >= 4 is 89.5 Å². The average Bonchev–Trinajstić information content (AvgIpc) is 3.30. The zero-order valence-corrected chi connectivity index (χ0v) is 31.9. The summed E-state index contributed by atoms with van der Waals surface area (Å²) in [5.41, 5.74) is 9.53. The van der Waals surface area contributed by atoms with E-state index in [9.17, 15) is 0 Å². The maximum atomic E-state index is 7.06. The van der Waals surface area contributed by atoms with Gasteiger partial charge in [-0.15, -0.1) is 0 Å². The Labute approximate surface area is 342 Å². The first-order valence-corrected chi connectivity index (χ1v) is 20.0. The van der Waals surface area contributed by atoms with Crippen LogP contribution < -0.4 is 35.7 Å². The zero-order valence-electron chi connectivity index (χ0n) is 31.9. The smallest absolute Gasteiger partial charge is 0.262 e. The largest absolute Gasteiger partial charge is 0.458 e. The molecule has 0 fully saturated rings. The molecule has 2 aliphatic heterocycles. The zero-order chi connectivity index (χ0) is 38.9. The maximum absolute atomic E-state index is 7.06. The fourth-order valence-corrected chi connectivity index (χ4v) is 9.38. The molecule has 5 nitrogen and oxygen atoms in total. The molecular weight excluding hydrogens is 721 g/mol. The summed E-state index contributed by atoms with van der Waals surface area (Å²) < 4.78 is 14.1. The van der Waals surface area contributed by atoms with Gasteiger partial charge in [0.2, 0.25) is 0 Å². The van der Waals surface area contributed by atoms with E-state index in [0.717, 1.165) is 100 Å². The number of anilines is 6. The fourth-order valence-electron chi connectivity index (χ4n) is 9.38. The number of pyridine rings is 1. The van der Waals surface area contributed by atoms with Gasteiger partial charge in [0.25, 0.3) is 6.71 Å². The Kier molecular flexibility index (Phi) is 7.57. The summed E-state index contributed by atoms with van der Waals surface area (Å²) >= 11 is 0. The van der Waals surface area contributed by atoms with E-state index in [0.29, 0.717) is 0 Å². The van der Waals surface area contributed by atoms with E-state index in [2.05, 4.69) is 197 Å². The van der Waals surface area contributed by atoms with Crippen molar-refractivity contribution in [2.45, 2.75) is 0 Å². The van der Waals surface area contributed by atoms with Crippen molar-refractivity contribution in [3.05, 3.63) is 207 Å². The predicted molar refractivity (Wildman–Crippen MR) is 244 cm³/mol. The maximum Gasteiger partial charge on any atom is 0.262 e. The average molecular weight is 756 g/mol. The SMILES string of the molecule is c1ccc(N(c2ccccc2)c2cc3c(c4ccccc24)B2c4c(cccc4Oc4cc(N(c5cccnc5)c5cccc6ccccc56)c5ccccc5c42)O3)cc1. The van der Waals surface area contributed by atoms with Crippen LogP contribution in [0.25, 0.3) is 32.3 Å². The van der Waals surface area contributed by atoms with Crippen LogP contribution in [0.5, 0.6) is 23.0 Å². The van der Waals surface area contributed by atoms with Gasteiger partial charge in [0, 0.05) is 51.3 Å². The summed E-state index contributed by atoms with van der Waals surface area (Å²) in [7, 11) is 0. The molecule has 0 unspecified atom stereocenters. The first-order chi connectivity index (χ1) is 29.3. The molecule has 0 radical (unpaired) electrons. The second-order valence-electron chi connectivity index (χ2n) is 15.1. The lowest BCUT2D eigenvalue weighted by molar-refractivity contribution is 0.465. The van der Waals surface area contributed by atoms with E-state index in [1.54, 1.807) is 0 Å². The number of aromatic nitrogens is 1. The molecule has 0 saturated heterocycles. The van der Waals surface area contributed by atoms with Gasteiger partial charge in [0.1, 0.15) is 23.0 Å². The molecule has 1 aromatic heterocycles. The van der Waals surface area contributed by atoms with Crippen molar-refractivity contribution in [1.29, 1.82) is 0 Å². The quantitative estimate of drug-likeness (QED) is 0.158. The Morgan fingerprint density at radius 1 is 0.356 bits per heavy atom. The Morgan fingerprint density at radius 3 is 1.44 bits per heavy atom. The molecule has 0 saturated carbocycles. The number of rotatable bonds is 6. The van der Waals surface area contributed by atoms with E-state index in [1.807, 2.05) is 24.5 Å². The van der Waals surface area contributed by atoms with Gasteiger partial charge < -0.3 is 19.3 Å². The number of hydrogen-bond acceptors (Lipinski definition) is 5. The minimum Gasteiger partial charge on any atom is -0.458 e. The van der Waals surface area contributed by atoms with E-state index in [1.165, 1.54) is 5.39 Å². The molecule has 0 N–H and O–H groups in total. The summed E-state index contributed by atoms with van der Waals surface area (Å²) in [6, 6.07) is 68.5. The first-order valence-electron chi connectivity index (χ1n) is 20.0. The highest BCUT2D eigenvalue weighted by molar-refractivity contribution is 7.01. The van der Waals surface area contributed by atoms with Crippen molar-refractivity contribution in [2.24, 2.45) is 0 Å². The van der Waals surface area contributed by atoms with E-state index < -0.39 is 0 Å². The molecule has 59 heavy (non-hydrogen) atoms. The lowest BCUT2D eigenvalue weighted by atomic mass is 9.33. The van der Waals surface area contributed by atoms with E-state index >= 15 is 0 Å². The van der Waals surface area contributed by atoms with Crippen LogP contribution in [-0.4, -0.2) is 11.7 Å². The summed E-state index contributed by atoms with van der Waals surface area (Å²) in [5, 5.41) is 6.82. The van der Waals surface area contributed by atoms with Gasteiger partial charge in [-0.1, -0.05) is 127 Å². The van der Waals surface area contributed by atoms with Crippen LogP contribution in [0.4, 0.5) is 34.1 Å². The molecule has 10 aromatic rings. The predicted octanol–water partition coefficient (Wildman–Crippen LogP) is 12.2. The Bertz CT molecular complexity index is 3200. The molecule has 0 aliphatic carbocycles. The second-order valence-corrected chi connectivity index (χ2v) is 15.1. The molecule has 6 heteroatoms. The lowest BCUT2D eigenvalue weighted by Gasteiger charge is -2.37. The van der Waals surface area contributed by atoms with Crippen molar-refractivity contribution in [3.8, 4) is 23.0 Å². The standard InChI is InChI=1S/C53H34BN3O2/c1-3-18-36(19-4-1)56(37-20-5-2-6-21-37)45-32-49-51(42-26-11-9-24-40(42)45)54-52-43-27-12-10-25-41(43)46(33-50(52)59-48-30-14-29-47(58-49)53(48)54)57(38-22-15-31-55-34-38)44-28-13-17-35-16-7-8-23-39(35)44/h1-34H. The summed E-state index contributed by atoms with van der Waals surface area (Å²) in [4.78, 5) is 9.26. The molecule has 0 bridgehead atoms. The van der Waals surface area contributed by atoms with Gasteiger partial charge in [0.05, 0.1) is 28.9 Å². The van der Waals surface area contributed by atoms with Gasteiger partial charge in [-0.2, -0.15) is 0 Å². The topological polar surface area (TPSA) is 37.8 Å². The number of fused-ring (bicyclic) bond motifs is 9. The minimum atomic E-state index is -0.169. The minimum absolute atomic E-state index is 0.169. The molecule has 12 rings (SSSR count). The normalized spacial score (nSPS) is 12.3. The summed E-state index contributed by atoms with van der Waals surface area (Å²) in [6.07, 6.45) is 3.76. The Balaban J connectivity index is 1.14. The number of nitrogens with zero attached hydrogens (tertiary/aromatic N) is 3. The Morgan fingerprint density at radius 2 is 0.847 bits per heavy atom. The number of hydrogen-bond donors (Lipinski definition) is 0. The van der Waals surface area contributed by atoms with Crippen LogP contribution in [0.1, 0.15) is 0 Å². The third kappa shape index (κ3) is 5.23. The molecule has 0 spiro atoms. The molecule has 276 valence electrons. The molecule has 0 atom stereocenters. The molecule has 9 aromatic carbocycles. The van der Waals surface area contributed by atoms with E-state index in [4.69, 9.17) is 9.47 Å². The number of para-hydroxylation sites is 2. The molecule has 3 heterocycles. The van der Waals surface area contributed by atoms with Crippen LogP contribution in [-0.2, 0) is 0 Å². The van der Waals surface area contributed by atoms with Crippen molar-refractivity contribution in [2.75, 3.05) is 9.80 Å². The lowest BCUT2D eigenvalue weighted by Crippen LogP contribution is -2.58. The summed E-state index contributed by atoms with van der Waals surface area (Å²) in [5.74, 6) is 3.25. The van der Waals surface area contributed by atoms with Gasteiger partial charge in [-0.3, -0.25) is 4.98 Å². The van der Waals surface area contributed by atoms with Crippen LogP contribution >= 0.6 is 0 Å². The number of ether oxygens (including phenoxy) is 2. The number of benzene rings is 9.